The minimum absolute atomic E-state index is 0.842. The van der Waals surface area contributed by atoms with Gasteiger partial charge in [-0.3, -0.25) is 0 Å². The highest BCUT2D eigenvalue weighted by molar-refractivity contribution is 6.05. The molecule has 0 aromatic heterocycles. The standard InChI is InChI=1S/C20H30.C2H6.CH3B/c1-15-3-7-17(8-4-15)19-11-13-20(14-12-19)18-9-5-16(2)6-10-18;2*1-2/h3-4,7-8,16,18-20H,5-6,9-14H2,1-2H3;1-2H3;1H3. The fraction of sp³-hybridized carbons (Fsp3) is 0.739. The second-order valence-electron chi connectivity index (χ2n) is 7.54. The van der Waals surface area contributed by atoms with Crippen molar-refractivity contribution in [3.05, 3.63) is 35.4 Å². The predicted molar refractivity (Wildman–Crippen MR) is 110 cm³/mol. The summed E-state index contributed by atoms with van der Waals surface area (Å²) in [6.07, 6.45) is 11.8. The van der Waals surface area contributed by atoms with Gasteiger partial charge in [-0.1, -0.05) is 70.3 Å². The summed E-state index contributed by atoms with van der Waals surface area (Å²) >= 11 is 0. The summed E-state index contributed by atoms with van der Waals surface area (Å²) in [7, 11) is 4.50. The first kappa shape index (κ1) is 21.3. The first-order chi connectivity index (χ1) is 11.7. The Kier molecular flexibility index (Phi) is 10.5. The Bertz CT molecular complexity index is 406. The molecule has 0 amide bonds. The van der Waals surface area contributed by atoms with Gasteiger partial charge in [0, 0.05) is 0 Å². The van der Waals surface area contributed by atoms with E-state index in [0.29, 0.717) is 0 Å². The third-order valence-corrected chi connectivity index (χ3v) is 6.05. The van der Waals surface area contributed by atoms with E-state index in [1.165, 1.54) is 63.8 Å². The molecular weight excluding hydrogens is 287 g/mol. The molecule has 0 bridgehead atoms. The quantitative estimate of drug-likeness (QED) is 0.499. The summed E-state index contributed by atoms with van der Waals surface area (Å²) in [5.41, 5.74) is 2.98. The lowest BCUT2D eigenvalue weighted by Crippen LogP contribution is -2.24. The van der Waals surface area contributed by atoms with Gasteiger partial charge in [0.05, 0.1) is 7.85 Å². The average Bonchev–Trinajstić information content (AvgIpc) is 2.66. The van der Waals surface area contributed by atoms with E-state index in [0.717, 1.165) is 23.7 Å². The van der Waals surface area contributed by atoms with E-state index < -0.39 is 0 Å². The molecule has 0 spiro atoms. The molecule has 2 fully saturated rings. The van der Waals surface area contributed by atoms with Gasteiger partial charge in [0.1, 0.15) is 0 Å². The first-order valence-electron chi connectivity index (χ1n) is 10.4. The smallest absolute Gasteiger partial charge is 0.0606 e. The van der Waals surface area contributed by atoms with Crippen molar-refractivity contribution in [2.75, 3.05) is 0 Å². The molecule has 0 nitrogen and oxygen atoms in total. The second-order valence-corrected chi connectivity index (χ2v) is 7.54. The molecule has 0 aliphatic heterocycles. The summed E-state index contributed by atoms with van der Waals surface area (Å²) in [5.74, 6) is 3.94. The van der Waals surface area contributed by atoms with Crippen LogP contribution in [-0.4, -0.2) is 7.85 Å². The summed E-state index contributed by atoms with van der Waals surface area (Å²) < 4.78 is 0. The molecule has 0 heterocycles. The van der Waals surface area contributed by atoms with E-state index in [1.807, 2.05) is 13.8 Å². The van der Waals surface area contributed by atoms with Gasteiger partial charge < -0.3 is 0 Å². The molecule has 2 radical (unpaired) electrons. The molecule has 1 aromatic carbocycles. The summed E-state index contributed by atoms with van der Waals surface area (Å²) in [4.78, 5) is 0. The van der Waals surface area contributed by atoms with Gasteiger partial charge in [-0.25, -0.2) is 0 Å². The van der Waals surface area contributed by atoms with Crippen LogP contribution in [0.5, 0.6) is 0 Å². The van der Waals surface area contributed by atoms with Crippen LogP contribution < -0.4 is 0 Å². The Morgan fingerprint density at radius 1 is 0.708 bits per heavy atom. The molecule has 0 N–H and O–H groups in total. The van der Waals surface area contributed by atoms with E-state index in [-0.39, 0.29) is 0 Å². The highest BCUT2D eigenvalue weighted by Crippen LogP contribution is 2.43. The molecule has 3 rings (SSSR count). The monoisotopic (exact) mass is 326 g/mol. The van der Waals surface area contributed by atoms with Crippen molar-refractivity contribution in [2.24, 2.45) is 17.8 Å². The van der Waals surface area contributed by atoms with Gasteiger partial charge in [0.15, 0.2) is 0 Å². The highest BCUT2D eigenvalue weighted by Gasteiger charge is 2.30. The first-order valence-corrected chi connectivity index (χ1v) is 10.4. The van der Waals surface area contributed by atoms with Gasteiger partial charge in [0.2, 0.25) is 0 Å². The fourth-order valence-electron chi connectivity index (χ4n) is 4.52. The minimum Gasteiger partial charge on any atom is -0.0999 e. The Morgan fingerprint density at radius 2 is 1.12 bits per heavy atom. The minimum atomic E-state index is 0.842. The number of hydrogen-bond acceptors (Lipinski definition) is 0. The van der Waals surface area contributed by atoms with Crippen molar-refractivity contribution in [2.45, 2.75) is 91.8 Å². The molecule has 134 valence electrons. The summed E-state index contributed by atoms with van der Waals surface area (Å²) in [6.45, 7) is 10.1. The van der Waals surface area contributed by atoms with E-state index in [2.05, 4.69) is 46.0 Å². The Hall–Kier alpha value is -0.715. The molecule has 2 aliphatic rings. The van der Waals surface area contributed by atoms with Gasteiger partial charge >= 0.3 is 0 Å². The lowest BCUT2D eigenvalue weighted by Gasteiger charge is -2.37. The average molecular weight is 326 g/mol. The molecule has 0 saturated heterocycles. The molecule has 2 aliphatic carbocycles. The summed E-state index contributed by atoms with van der Waals surface area (Å²) in [5, 5.41) is 0. The summed E-state index contributed by atoms with van der Waals surface area (Å²) in [6, 6.07) is 9.29. The van der Waals surface area contributed by atoms with Crippen molar-refractivity contribution in [1.82, 2.24) is 0 Å². The third-order valence-electron chi connectivity index (χ3n) is 6.05. The van der Waals surface area contributed by atoms with Gasteiger partial charge in [0.25, 0.3) is 0 Å². The fourth-order valence-corrected chi connectivity index (χ4v) is 4.52. The number of hydrogen-bond donors (Lipinski definition) is 0. The van der Waals surface area contributed by atoms with E-state index in [1.54, 1.807) is 5.56 Å². The van der Waals surface area contributed by atoms with Gasteiger partial charge in [-0.2, -0.15) is 0 Å². The molecule has 0 unspecified atom stereocenters. The lowest BCUT2D eigenvalue weighted by atomic mass is 9.68. The maximum atomic E-state index is 4.50. The maximum absolute atomic E-state index is 4.50. The SMILES string of the molecule is CC.Cc1ccc(C2CCC(C3CCC(C)CC3)CC2)cc1.[B]C. The molecule has 1 heteroatoms. The van der Waals surface area contributed by atoms with Crippen LogP contribution in [0.1, 0.15) is 89.2 Å². The maximum Gasteiger partial charge on any atom is 0.0606 e. The van der Waals surface area contributed by atoms with Gasteiger partial charge in [-0.15, -0.1) is 0 Å². The molecule has 1 aromatic rings. The Morgan fingerprint density at radius 3 is 1.58 bits per heavy atom. The Labute approximate surface area is 153 Å². The second kappa shape index (κ2) is 11.8. The van der Waals surface area contributed by atoms with Gasteiger partial charge in [-0.05, 0) is 74.7 Å². The molecular formula is C23H39B. The van der Waals surface area contributed by atoms with E-state index >= 15 is 0 Å². The van der Waals surface area contributed by atoms with Crippen molar-refractivity contribution < 1.29 is 0 Å². The van der Waals surface area contributed by atoms with Crippen molar-refractivity contribution in [3.63, 3.8) is 0 Å². The van der Waals surface area contributed by atoms with Crippen LogP contribution >= 0.6 is 0 Å². The molecule has 0 atom stereocenters. The van der Waals surface area contributed by atoms with Crippen LogP contribution in [0, 0.1) is 24.7 Å². The van der Waals surface area contributed by atoms with Crippen molar-refractivity contribution in [1.29, 1.82) is 0 Å². The van der Waals surface area contributed by atoms with Crippen molar-refractivity contribution >= 4 is 7.85 Å². The topological polar surface area (TPSA) is 0 Å². The zero-order chi connectivity index (χ0) is 17.9. The number of benzene rings is 1. The van der Waals surface area contributed by atoms with Crippen LogP contribution in [0.4, 0.5) is 0 Å². The van der Waals surface area contributed by atoms with E-state index in [4.69, 9.17) is 0 Å². The normalized spacial score (nSPS) is 29.5. The van der Waals surface area contributed by atoms with Crippen LogP contribution in [-0.2, 0) is 0 Å². The highest BCUT2D eigenvalue weighted by atomic mass is 14.4. The van der Waals surface area contributed by atoms with Crippen LogP contribution in [0.25, 0.3) is 0 Å². The molecule has 24 heavy (non-hydrogen) atoms. The third kappa shape index (κ3) is 6.30. The zero-order valence-electron chi connectivity index (χ0n) is 16.9. The Balaban J connectivity index is 0.000000671. The van der Waals surface area contributed by atoms with E-state index in [9.17, 15) is 0 Å². The lowest BCUT2D eigenvalue weighted by molar-refractivity contribution is 0.165. The van der Waals surface area contributed by atoms with Crippen LogP contribution in [0.2, 0.25) is 6.82 Å². The van der Waals surface area contributed by atoms with Crippen molar-refractivity contribution in [3.8, 4) is 0 Å². The van der Waals surface area contributed by atoms with Crippen LogP contribution in [0.15, 0.2) is 24.3 Å². The zero-order valence-corrected chi connectivity index (χ0v) is 16.9. The molecule has 2 saturated carbocycles. The predicted octanol–water partition coefficient (Wildman–Crippen LogP) is 7.32. The number of aryl methyl sites for hydroxylation is 1. The number of rotatable bonds is 2. The largest absolute Gasteiger partial charge is 0.0999 e. The van der Waals surface area contributed by atoms with Crippen LogP contribution in [0.3, 0.4) is 0 Å².